The molecule has 26 heteroatoms. The van der Waals surface area contributed by atoms with Crippen LogP contribution < -0.4 is 14.4 Å². The quantitative estimate of drug-likeness (QED) is 0.0548. The molecule has 3 heterocycles. The van der Waals surface area contributed by atoms with Gasteiger partial charge in [0, 0.05) is 94.5 Å². The third-order valence-electron chi connectivity index (χ3n) is 13.7. The Kier molecular flexibility index (Phi) is 31.6. The van der Waals surface area contributed by atoms with Gasteiger partial charge in [0.25, 0.3) is 10.0 Å². The first-order valence-corrected chi connectivity index (χ1v) is 30.1. The smallest absolute Gasteiger partial charge is 0.317 e. The lowest BCUT2D eigenvalue weighted by Gasteiger charge is -2.39. The summed E-state index contributed by atoms with van der Waals surface area (Å²) in [6.45, 7) is 15.8. The van der Waals surface area contributed by atoms with Gasteiger partial charge in [-0.05, 0) is 42.5 Å². The number of nitrogens with one attached hydrogen (secondary N) is 1. The van der Waals surface area contributed by atoms with Crippen molar-refractivity contribution < 1.29 is 80.4 Å². The van der Waals surface area contributed by atoms with E-state index in [-0.39, 0.29) is 61.4 Å². The summed E-state index contributed by atoms with van der Waals surface area (Å²) in [7, 11) is -4.09. The number of carboxylic acids is 2. The number of benzene rings is 2. The first-order valence-electron chi connectivity index (χ1n) is 28.2. The number of aromatic nitrogens is 1. The maximum atomic E-state index is 14.6. The number of halogens is 1. The van der Waals surface area contributed by atoms with Gasteiger partial charge in [-0.15, -0.1) is 0 Å². The van der Waals surface area contributed by atoms with Crippen LogP contribution in [0.1, 0.15) is 31.5 Å². The van der Waals surface area contributed by atoms with Gasteiger partial charge in [-0.25, -0.2) is 8.42 Å². The Morgan fingerprint density at radius 1 is 0.627 bits per heavy atom. The van der Waals surface area contributed by atoms with Crippen molar-refractivity contribution in [3.05, 3.63) is 71.0 Å². The SMILES string of the molecule is Cc1ccc(-c2cc(S(=O)(=O)N3CCC(C)(C)c4ccccc43)c(OCCOCCOCCOCCOCCOCCOCCOCCOCCNC(=O)CN3CCN(CC=O)CCN(CC(=O)O)CCN(CC(=O)O)CC3)cc2Cl)cn1. The number of pyridine rings is 1. The standard InChI is InChI=1S/C57H86ClN7O17S/c1-46-8-9-47(42-60-46)48-40-53(83(72,73)65-12-10-57(2,3)49-6-4-5-7-51(49)65)52(41-50(48)58)82-39-38-81-37-36-80-35-34-79-33-32-78-31-30-77-29-28-76-27-26-75-25-24-74-23-11-59-54(67)43-62-15-13-61(21-22-66)14-16-63(44-55(68)69)19-20-64(18-17-62)45-56(70)71/h4-9,22,40-42H,10-21,23-39,43-45H2,1-3H3,(H,59,67)(H,68,69)(H,70,71). The van der Waals surface area contributed by atoms with Gasteiger partial charge < -0.3 is 63.0 Å². The number of aldehydes is 1. The number of nitrogens with zero attached hydrogens (tertiary/aromatic N) is 6. The van der Waals surface area contributed by atoms with Crippen LogP contribution in [-0.2, 0) is 72.5 Å². The fraction of sp³-hybridized carbons (Fsp3) is 0.632. The lowest BCUT2D eigenvalue weighted by atomic mass is 9.78. The van der Waals surface area contributed by atoms with Crippen molar-refractivity contribution in [2.45, 2.75) is 37.5 Å². The Balaban J connectivity index is 0.822. The number of aliphatic carboxylic acids is 2. The zero-order valence-corrected chi connectivity index (χ0v) is 50.0. The second-order valence-corrected chi connectivity index (χ2v) is 22.6. The summed E-state index contributed by atoms with van der Waals surface area (Å²) >= 11 is 6.77. The van der Waals surface area contributed by atoms with E-state index in [1.54, 1.807) is 28.1 Å². The highest BCUT2D eigenvalue weighted by Gasteiger charge is 2.38. The minimum Gasteiger partial charge on any atom is -0.490 e. The van der Waals surface area contributed by atoms with Crippen LogP contribution in [0.4, 0.5) is 5.69 Å². The average Bonchev–Trinajstić information content (AvgIpc) is 3.64. The summed E-state index contributed by atoms with van der Waals surface area (Å²) in [6, 6.07) is 14.4. The predicted molar refractivity (Wildman–Crippen MR) is 310 cm³/mol. The van der Waals surface area contributed by atoms with Crippen LogP contribution in [0, 0.1) is 6.92 Å². The molecular formula is C57H86ClN7O17S. The Labute approximate surface area is 493 Å². The number of para-hydroxylation sites is 1. The van der Waals surface area contributed by atoms with Crippen LogP contribution in [0.2, 0.25) is 5.02 Å². The van der Waals surface area contributed by atoms with Crippen molar-refractivity contribution in [1.82, 2.24) is 29.9 Å². The number of carbonyl (C=O) groups is 4. The molecule has 0 spiro atoms. The maximum Gasteiger partial charge on any atom is 0.317 e. The fourth-order valence-electron chi connectivity index (χ4n) is 9.06. The number of aryl methyl sites for hydroxylation is 1. The van der Waals surface area contributed by atoms with E-state index >= 15 is 0 Å². The van der Waals surface area contributed by atoms with Gasteiger partial charge >= 0.3 is 11.9 Å². The molecule has 2 aliphatic heterocycles. The average molecular weight is 1210 g/mol. The van der Waals surface area contributed by atoms with Crippen molar-refractivity contribution in [3.63, 3.8) is 0 Å². The highest BCUT2D eigenvalue weighted by atomic mass is 35.5. The van der Waals surface area contributed by atoms with Gasteiger partial charge in [-0.1, -0.05) is 49.7 Å². The zero-order chi connectivity index (χ0) is 59.7. The largest absolute Gasteiger partial charge is 0.490 e. The molecule has 0 bridgehead atoms. The van der Waals surface area contributed by atoms with E-state index in [0.29, 0.717) is 193 Å². The molecule has 1 amide bonds. The Hall–Kier alpha value is -4.97. The molecule has 83 heavy (non-hydrogen) atoms. The molecule has 3 aromatic rings. The van der Waals surface area contributed by atoms with E-state index in [0.717, 1.165) is 17.5 Å². The fourth-order valence-corrected chi connectivity index (χ4v) is 11.0. The number of carboxylic acid groups (broad SMARTS) is 2. The molecule has 2 aromatic carbocycles. The van der Waals surface area contributed by atoms with Gasteiger partial charge in [0.2, 0.25) is 5.91 Å². The maximum absolute atomic E-state index is 14.6. The molecule has 2 aliphatic rings. The van der Waals surface area contributed by atoms with Crippen LogP contribution in [0.15, 0.2) is 59.6 Å². The molecule has 0 saturated carbocycles. The predicted octanol–water partition coefficient (Wildman–Crippen LogP) is 2.80. The number of anilines is 1. The molecule has 3 N–H and O–H groups in total. The van der Waals surface area contributed by atoms with Gasteiger partial charge in [0.15, 0.2) is 0 Å². The van der Waals surface area contributed by atoms with Gasteiger partial charge in [-0.2, -0.15) is 0 Å². The molecule has 5 rings (SSSR count). The monoisotopic (exact) mass is 1210 g/mol. The third kappa shape index (κ3) is 25.6. The summed E-state index contributed by atoms with van der Waals surface area (Å²) in [4.78, 5) is 58.8. The highest BCUT2D eigenvalue weighted by molar-refractivity contribution is 7.93. The molecule has 1 aromatic heterocycles. The van der Waals surface area contributed by atoms with E-state index in [1.807, 2.05) is 53.1 Å². The van der Waals surface area contributed by atoms with E-state index in [2.05, 4.69) is 24.1 Å². The molecule has 0 unspecified atom stereocenters. The number of sulfonamides is 1. The molecular weight excluding hydrogens is 1120 g/mol. The summed E-state index contributed by atoms with van der Waals surface area (Å²) in [6.07, 6.45) is 3.12. The zero-order valence-electron chi connectivity index (χ0n) is 48.4. The first kappa shape index (κ1) is 68.8. The van der Waals surface area contributed by atoms with Gasteiger partial charge in [-0.3, -0.25) is 43.3 Å². The highest BCUT2D eigenvalue weighted by Crippen LogP contribution is 2.44. The minimum absolute atomic E-state index is 0.00882. The van der Waals surface area contributed by atoms with E-state index < -0.39 is 22.0 Å². The number of carbonyl (C=O) groups excluding carboxylic acids is 2. The minimum atomic E-state index is -4.09. The summed E-state index contributed by atoms with van der Waals surface area (Å²) < 4.78 is 81.4. The van der Waals surface area contributed by atoms with Crippen molar-refractivity contribution in [2.24, 2.45) is 0 Å². The van der Waals surface area contributed by atoms with E-state index in [9.17, 15) is 37.8 Å². The molecule has 1 fully saturated rings. The van der Waals surface area contributed by atoms with Crippen molar-refractivity contribution in [3.8, 4) is 16.9 Å². The molecule has 0 aliphatic carbocycles. The van der Waals surface area contributed by atoms with Crippen molar-refractivity contribution >= 4 is 51.4 Å². The summed E-state index contributed by atoms with van der Waals surface area (Å²) in [5.74, 6) is -2.04. The van der Waals surface area contributed by atoms with E-state index in [4.69, 9.17) is 54.2 Å². The number of fused-ring (bicyclic) bond motifs is 1. The van der Waals surface area contributed by atoms with Crippen LogP contribution in [0.3, 0.4) is 0 Å². The molecule has 0 radical (unpaired) electrons. The number of amides is 1. The lowest BCUT2D eigenvalue weighted by molar-refractivity contribution is -0.140. The van der Waals surface area contributed by atoms with Crippen LogP contribution in [0.25, 0.3) is 11.1 Å². The van der Waals surface area contributed by atoms with Gasteiger partial charge in [0.05, 0.1) is 143 Å². The number of hydrogen-bond acceptors (Lipinski definition) is 20. The van der Waals surface area contributed by atoms with Crippen LogP contribution >= 0.6 is 11.6 Å². The van der Waals surface area contributed by atoms with Crippen molar-refractivity contribution in [2.75, 3.05) is 208 Å². The second-order valence-electron chi connectivity index (χ2n) is 20.4. The molecule has 24 nitrogen and oxygen atoms in total. The topological polar surface area (TPSA) is 267 Å². The Morgan fingerprint density at radius 2 is 1.08 bits per heavy atom. The van der Waals surface area contributed by atoms with Crippen molar-refractivity contribution in [1.29, 1.82) is 0 Å². The third-order valence-corrected chi connectivity index (χ3v) is 15.8. The number of rotatable bonds is 39. The Morgan fingerprint density at radius 3 is 1.55 bits per heavy atom. The van der Waals surface area contributed by atoms with Crippen LogP contribution in [0.5, 0.6) is 5.75 Å². The molecule has 0 atom stereocenters. The number of hydrogen-bond donors (Lipinski definition) is 3. The number of ether oxygens (including phenoxy) is 9. The van der Waals surface area contributed by atoms with Gasteiger partial charge in [0.1, 0.15) is 23.5 Å². The van der Waals surface area contributed by atoms with Crippen LogP contribution in [-0.4, -0.2) is 271 Å². The normalized spacial score (nSPS) is 16.0. The Bertz CT molecular complexity index is 2520. The van der Waals surface area contributed by atoms with E-state index in [1.165, 1.54) is 4.31 Å². The lowest BCUT2D eigenvalue weighted by Crippen LogP contribution is -2.49. The summed E-state index contributed by atoms with van der Waals surface area (Å²) in [5, 5.41) is 22.0. The molecule has 464 valence electrons. The molecule has 1 saturated heterocycles. The first-order chi connectivity index (χ1) is 40.1. The summed E-state index contributed by atoms with van der Waals surface area (Å²) in [5.41, 5.74) is 3.46. The second kappa shape index (κ2) is 38.2.